The molecular weight excluding hydrogens is 504 g/mol. The average molecular weight is 581 g/mol. The summed E-state index contributed by atoms with van der Waals surface area (Å²) in [6, 6.07) is 0. The number of hydrogen-bond acceptors (Lipinski definition) is 0. The topological polar surface area (TPSA) is 0 Å². The molecule has 5 rings (SSSR count). The van der Waals surface area contributed by atoms with Gasteiger partial charge in [0.1, 0.15) is 0 Å². The van der Waals surface area contributed by atoms with E-state index in [1.807, 2.05) is 0 Å². The largest absolute Gasteiger partial charge is 0.0625 e. The first-order chi connectivity index (χ1) is 19.5. The Kier molecular flexibility index (Phi) is 9.26. The van der Waals surface area contributed by atoms with Gasteiger partial charge in [0, 0.05) is 0 Å². The van der Waals surface area contributed by atoms with Crippen LogP contribution in [0.4, 0.5) is 0 Å². The Morgan fingerprint density at radius 3 is 0.452 bits per heavy atom. The molecule has 22 unspecified atom stereocenters. The molecule has 0 aliphatic heterocycles. The highest BCUT2D eigenvalue weighted by atomic mass is 14.7. The van der Waals surface area contributed by atoms with Gasteiger partial charge in [-0.25, -0.2) is 0 Å². The zero-order valence-corrected chi connectivity index (χ0v) is 31.4. The molecular formula is C42H76. The van der Waals surface area contributed by atoms with Gasteiger partial charge in [-0.1, -0.05) is 118 Å². The van der Waals surface area contributed by atoms with Crippen LogP contribution in [0.1, 0.15) is 118 Å². The lowest BCUT2D eigenvalue weighted by Crippen LogP contribution is -2.22. The van der Waals surface area contributed by atoms with E-state index in [-0.39, 0.29) is 0 Å². The van der Waals surface area contributed by atoms with Gasteiger partial charge >= 0.3 is 0 Å². The highest BCUT2D eigenvalue weighted by Gasteiger charge is 2.63. The predicted molar refractivity (Wildman–Crippen MR) is 184 cm³/mol. The Labute approximate surface area is 265 Å². The number of hydrogen-bond donors (Lipinski definition) is 0. The maximum atomic E-state index is 2.67. The quantitative estimate of drug-likeness (QED) is 0.192. The maximum Gasteiger partial charge on any atom is -0.0323 e. The van der Waals surface area contributed by atoms with Gasteiger partial charge in [-0.15, -0.1) is 0 Å². The fraction of sp³-hybridized carbons (Fsp3) is 1.00. The summed E-state index contributed by atoms with van der Waals surface area (Å²) >= 11 is 0. The van der Waals surface area contributed by atoms with E-state index < -0.39 is 0 Å². The van der Waals surface area contributed by atoms with Crippen molar-refractivity contribution in [2.45, 2.75) is 118 Å². The van der Waals surface area contributed by atoms with Crippen LogP contribution in [0.2, 0.25) is 0 Å². The molecule has 244 valence electrons. The molecule has 0 aromatic heterocycles. The second-order valence-electron chi connectivity index (χ2n) is 19.4. The third kappa shape index (κ3) is 5.41. The molecule has 5 fully saturated rings. The van der Waals surface area contributed by atoms with Gasteiger partial charge in [0.15, 0.2) is 0 Å². The van der Waals surface area contributed by atoms with Crippen LogP contribution in [0.15, 0.2) is 0 Å². The molecule has 0 aromatic rings. The Hall–Kier alpha value is 0. The molecule has 5 saturated carbocycles. The summed E-state index contributed by atoms with van der Waals surface area (Å²) in [6.45, 7) is 44.0. The van der Waals surface area contributed by atoms with Crippen molar-refractivity contribution >= 4 is 0 Å². The summed E-state index contributed by atoms with van der Waals surface area (Å²) in [7, 11) is 0. The van der Waals surface area contributed by atoms with Crippen LogP contribution < -0.4 is 0 Å². The molecule has 0 aromatic carbocycles. The molecule has 22 atom stereocenters. The van der Waals surface area contributed by atoms with Crippen LogP contribution in [0.25, 0.3) is 0 Å². The van der Waals surface area contributed by atoms with E-state index in [0.29, 0.717) is 0 Å². The van der Waals surface area contributed by atoms with Gasteiger partial charge < -0.3 is 0 Å². The molecule has 5 aliphatic rings. The molecule has 42 heavy (non-hydrogen) atoms. The van der Waals surface area contributed by atoms with Crippen molar-refractivity contribution in [2.75, 3.05) is 0 Å². The first-order valence-electron chi connectivity index (χ1n) is 19.5. The summed E-state index contributed by atoms with van der Waals surface area (Å²) in [5.41, 5.74) is 0. The summed E-state index contributed by atoms with van der Waals surface area (Å²) < 4.78 is 0. The average Bonchev–Trinajstić information content (AvgIpc) is 3.72. The standard InChI is InChI=1S/C42H76/c1-18(2)33-28(13)35(33)20(5)22(7)37-30(15)39(37)24(9)26(11)41-32(17)42(41)27(12)25(10)40-31(16)38(40)23(8)21(6)36-29(14)34(36)19(3)4/h18-42H,1-17H3. The maximum absolute atomic E-state index is 2.67. The summed E-state index contributed by atoms with van der Waals surface area (Å²) in [4.78, 5) is 0. The predicted octanol–water partition coefficient (Wildman–Crippen LogP) is 11.8. The van der Waals surface area contributed by atoms with Crippen molar-refractivity contribution in [2.24, 2.45) is 148 Å². The van der Waals surface area contributed by atoms with E-state index in [9.17, 15) is 0 Å². The van der Waals surface area contributed by atoms with Crippen LogP contribution in [0.3, 0.4) is 0 Å². The van der Waals surface area contributed by atoms with Crippen molar-refractivity contribution in [3.8, 4) is 0 Å². The highest BCUT2D eigenvalue weighted by molar-refractivity contribution is 5.11. The van der Waals surface area contributed by atoms with Gasteiger partial charge in [0.2, 0.25) is 0 Å². The van der Waals surface area contributed by atoms with E-state index in [4.69, 9.17) is 0 Å². The fourth-order valence-corrected chi connectivity index (χ4v) is 14.2. The highest BCUT2D eigenvalue weighted by Crippen LogP contribution is 2.68. The molecule has 0 nitrogen and oxygen atoms in total. The Bertz CT molecular complexity index is 856. The lowest BCUT2D eigenvalue weighted by molar-refractivity contribution is 0.208. The molecule has 0 radical (unpaired) electrons. The minimum Gasteiger partial charge on any atom is -0.0625 e. The van der Waals surface area contributed by atoms with Crippen LogP contribution >= 0.6 is 0 Å². The lowest BCUT2D eigenvalue weighted by Gasteiger charge is -2.27. The van der Waals surface area contributed by atoms with Crippen LogP contribution in [-0.2, 0) is 0 Å². The van der Waals surface area contributed by atoms with E-state index in [0.717, 1.165) is 148 Å². The van der Waals surface area contributed by atoms with Crippen molar-refractivity contribution < 1.29 is 0 Å². The molecule has 0 amide bonds. The number of rotatable bonds is 14. The first kappa shape index (κ1) is 33.4. The summed E-state index contributed by atoms with van der Waals surface area (Å²) in [6.07, 6.45) is 0. The van der Waals surface area contributed by atoms with E-state index in [1.165, 1.54) is 0 Å². The first-order valence-corrected chi connectivity index (χ1v) is 19.5. The molecule has 0 N–H and O–H groups in total. The fourth-order valence-electron chi connectivity index (χ4n) is 14.2. The van der Waals surface area contributed by atoms with Gasteiger partial charge in [0.05, 0.1) is 0 Å². The summed E-state index contributed by atoms with van der Waals surface area (Å²) in [5, 5.41) is 0. The second kappa shape index (κ2) is 11.7. The molecule has 0 heteroatoms. The lowest BCUT2D eigenvalue weighted by atomic mass is 9.78. The van der Waals surface area contributed by atoms with Crippen molar-refractivity contribution in [1.29, 1.82) is 0 Å². The van der Waals surface area contributed by atoms with Crippen LogP contribution in [0.5, 0.6) is 0 Å². The smallest absolute Gasteiger partial charge is 0.0323 e. The van der Waals surface area contributed by atoms with Crippen molar-refractivity contribution in [3.63, 3.8) is 0 Å². The van der Waals surface area contributed by atoms with E-state index >= 15 is 0 Å². The third-order valence-electron chi connectivity index (χ3n) is 17.3. The van der Waals surface area contributed by atoms with Crippen molar-refractivity contribution in [1.82, 2.24) is 0 Å². The van der Waals surface area contributed by atoms with Gasteiger partial charge in [-0.2, -0.15) is 0 Å². The van der Waals surface area contributed by atoms with Gasteiger partial charge in [0.25, 0.3) is 0 Å². The van der Waals surface area contributed by atoms with Crippen LogP contribution in [-0.4, -0.2) is 0 Å². The van der Waals surface area contributed by atoms with Crippen LogP contribution in [0, 0.1) is 148 Å². The van der Waals surface area contributed by atoms with Crippen molar-refractivity contribution in [3.05, 3.63) is 0 Å². The normalized spacial score (nSPS) is 51.4. The molecule has 5 aliphatic carbocycles. The molecule has 0 heterocycles. The zero-order valence-electron chi connectivity index (χ0n) is 31.4. The van der Waals surface area contributed by atoms with Gasteiger partial charge in [-0.3, -0.25) is 0 Å². The minimum atomic E-state index is 0.864. The SMILES string of the molecule is CC(C)C1C(C)C1C(C)C(C)C1C(C)C1C(C)C(C)C1C(C)C1C(C)C(C)C1C(C)C1C(C)C(C)C1C(C)C1C(C)C. The Balaban J connectivity index is 1.14. The Morgan fingerprint density at radius 1 is 0.214 bits per heavy atom. The molecule has 0 spiro atoms. The second-order valence-corrected chi connectivity index (χ2v) is 19.4. The molecule has 0 saturated heterocycles. The molecule has 0 bridgehead atoms. The third-order valence-corrected chi connectivity index (χ3v) is 17.3. The zero-order chi connectivity index (χ0) is 31.4. The Morgan fingerprint density at radius 2 is 0.333 bits per heavy atom. The van der Waals surface area contributed by atoms with Gasteiger partial charge in [-0.05, 0) is 148 Å². The van der Waals surface area contributed by atoms with E-state index in [1.54, 1.807) is 0 Å². The summed E-state index contributed by atoms with van der Waals surface area (Å²) in [5.74, 6) is 23.4. The van der Waals surface area contributed by atoms with E-state index in [2.05, 4.69) is 118 Å². The minimum absolute atomic E-state index is 0.864. The monoisotopic (exact) mass is 581 g/mol.